The fourth-order valence-corrected chi connectivity index (χ4v) is 4.12. The van der Waals surface area contributed by atoms with Crippen molar-refractivity contribution in [1.82, 2.24) is 29.5 Å². The summed E-state index contributed by atoms with van der Waals surface area (Å²) in [6.45, 7) is 1.43. The predicted molar refractivity (Wildman–Crippen MR) is 106 cm³/mol. The molecule has 0 spiro atoms. The van der Waals surface area contributed by atoms with Gasteiger partial charge in [0.1, 0.15) is 21.8 Å². The second-order valence-corrected chi connectivity index (χ2v) is 9.07. The Morgan fingerprint density at radius 1 is 1.25 bits per heavy atom. The molecule has 0 aliphatic carbocycles. The molecule has 0 amide bonds. The fraction of sp³-hybridized carbons (Fsp3) is 0.167. The molecule has 9 nitrogen and oxygen atoms in total. The van der Waals surface area contributed by atoms with Crippen molar-refractivity contribution in [3.05, 3.63) is 53.2 Å². The average molecular weight is 482 g/mol. The second-order valence-electron chi connectivity index (χ2n) is 6.47. The largest absolute Gasteiger partial charge is 0.433 e. The first-order chi connectivity index (χ1) is 15.0. The van der Waals surface area contributed by atoms with Gasteiger partial charge < -0.3 is 0 Å². The predicted octanol–water partition coefficient (Wildman–Crippen LogP) is 3.34. The molecule has 0 unspecified atom stereocenters. The maximum Gasteiger partial charge on any atom is 0.433 e. The second kappa shape index (κ2) is 7.57. The lowest BCUT2D eigenvalue weighted by Crippen LogP contribution is -2.13. The highest BCUT2D eigenvalue weighted by Crippen LogP contribution is 2.33. The summed E-state index contributed by atoms with van der Waals surface area (Å²) >= 11 is 6.33. The van der Waals surface area contributed by atoms with Crippen molar-refractivity contribution in [2.75, 3.05) is 5.75 Å². The third-order valence-corrected chi connectivity index (χ3v) is 6.59. The third-order valence-electron chi connectivity index (χ3n) is 4.48. The number of pyridine rings is 2. The van der Waals surface area contributed by atoms with E-state index in [-0.39, 0.29) is 43.9 Å². The van der Waals surface area contributed by atoms with Crippen LogP contribution in [-0.2, 0) is 16.0 Å². The standard InChI is InChI=1S/C18H11ClF3N7O2S/c1-2-32(30,31)13-3-4-15(28-9-10(6-23)7-25-28)26-17(13)29-16(19)11-8-24-14(18(20,21)22)5-12(11)27-29/h3-5,7-9H,2H2,1H3. The van der Waals surface area contributed by atoms with E-state index in [9.17, 15) is 21.6 Å². The number of aromatic nitrogens is 6. The van der Waals surface area contributed by atoms with Gasteiger partial charge >= 0.3 is 6.18 Å². The number of sulfone groups is 1. The van der Waals surface area contributed by atoms with Crippen LogP contribution in [0.15, 0.2) is 41.7 Å². The van der Waals surface area contributed by atoms with Gasteiger partial charge in [0, 0.05) is 6.20 Å². The van der Waals surface area contributed by atoms with Gasteiger partial charge in [0.25, 0.3) is 0 Å². The van der Waals surface area contributed by atoms with Gasteiger partial charge in [-0.15, -0.1) is 0 Å². The lowest BCUT2D eigenvalue weighted by Gasteiger charge is -2.11. The maximum absolute atomic E-state index is 13.0. The van der Waals surface area contributed by atoms with E-state index in [0.717, 1.165) is 10.9 Å². The number of nitriles is 1. The fourth-order valence-electron chi connectivity index (χ4n) is 2.86. The Morgan fingerprint density at radius 2 is 2.00 bits per heavy atom. The van der Waals surface area contributed by atoms with Crippen LogP contribution in [-0.4, -0.2) is 43.7 Å². The van der Waals surface area contributed by atoms with Crippen LogP contribution < -0.4 is 0 Å². The van der Waals surface area contributed by atoms with Gasteiger partial charge in [0.2, 0.25) is 0 Å². The number of nitrogens with zero attached hydrogens (tertiary/aromatic N) is 7. The Labute approximate surface area is 183 Å². The summed E-state index contributed by atoms with van der Waals surface area (Å²) < 4.78 is 66.6. The summed E-state index contributed by atoms with van der Waals surface area (Å²) in [5.74, 6) is -0.353. The normalized spacial score (nSPS) is 12.2. The van der Waals surface area contributed by atoms with E-state index in [2.05, 4.69) is 20.2 Å². The van der Waals surface area contributed by atoms with Crippen LogP contribution in [0.4, 0.5) is 13.2 Å². The van der Waals surface area contributed by atoms with Gasteiger partial charge in [-0.3, -0.25) is 4.98 Å². The summed E-state index contributed by atoms with van der Waals surface area (Å²) in [5.41, 5.74) is -1.07. The minimum absolute atomic E-state index is 0.0811. The van der Waals surface area contributed by atoms with Gasteiger partial charge in [-0.1, -0.05) is 18.5 Å². The Morgan fingerprint density at radius 3 is 2.62 bits per heavy atom. The van der Waals surface area contributed by atoms with Crippen LogP contribution >= 0.6 is 11.6 Å². The zero-order chi connectivity index (χ0) is 23.3. The Hall–Kier alpha value is -3.50. The first-order valence-electron chi connectivity index (χ1n) is 8.86. The molecule has 32 heavy (non-hydrogen) atoms. The van der Waals surface area contributed by atoms with Crippen molar-refractivity contribution in [3.63, 3.8) is 0 Å². The average Bonchev–Trinajstić information content (AvgIpc) is 3.37. The van der Waals surface area contributed by atoms with Crippen LogP contribution in [0, 0.1) is 11.3 Å². The summed E-state index contributed by atoms with van der Waals surface area (Å²) in [6.07, 6.45) is -1.12. The molecule has 0 aliphatic heterocycles. The Balaban J connectivity index is 1.98. The highest BCUT2D eigenvalue weighted by molar-refractivity contribution is 7.91. The molecule has 0 aromatic carbocycles. The lowest BCUT2D eigenvalue weighted by molar-refractivity contribution is -0.141. The first kappa shape index (κ1) is 21.7. The minimum atomic E-state index is -4.70. The Bertz CT molecular complexity index is 1500. The molecule has 0 radical (unpaired) electrons. The molecule has 14 heteroatoms. The molecule has 164 valence electrons. The number of rotatable bonds is 4. The molecular formula is C18H11ClF3N7O2S. The first-order valence-corrected chi connectivity index (χ1v) is 10.9. The Kier molecular flexibility index (Phi) is 5.14. The third kappa shape index (κ3) is 3.67. The molecule has 4 aromatic heterocycles. The van der Waals surface area contributed by atoms with Gasteiger partial charge in [0.15, 0.2) is 21.5 Å². The summed E-state index contributed by atoms with van der Waals surface area (Å²) in [5, 5.41) is 16.9. The zero-order valence-electron chi connectivity index (χ0n) is 16.0. The number of fused-ring (bicyclic) bond motifs is 1. The lowest BCUT2D eigenvalue weighted by atomic mass is 10.3. The molecule has 4 aromatic rings. The monoisotopic (exact) mass is 481 g/mol. The SMILES string of the molecule is CCS(=O)(=O)c1ccc(-n2cc(C#N)cn2)nc1-n1nc2cc(C(F)(F)F)ncc2c1Cl. The van der Waals surface area contributed by atoms with Crippen LogP contribution in [0.1, 0.15) is 18.2 Å². The number of halogens is 4. The number of hydrogen-bond donors (Lipinski definition) is 0. The quantitative estimate of drug-likeness (QED) is 0.438. The summed E-state index contributed by atoms with van der Waals surface area (Å²) in [7, 11) is -3.82. The van der Waals surface area contributed by atoms with Crippen molar-refractivity contribution < 1.29 is 21.6 Å². The van der Waals surface area contributed by atoms with Crippen molar-refractivity contribution in [2.45, 2.75) is 18.0 Å². The molecule has 4 rings (SSSR count). The van der Waals surface area contributed by atoms with Gasteiger partial charge in [-0.25, -0.2) is 22.8 Å². The van der Waals surface area contributed by atoms with E-state index >= 15 is 0 Å². The molecule has 0 saturated heterocycles. The zero-order valence-corrected chi connectivity index (χ0v) is 17.6. The van der Waals surface area contributed by atoms with Gasteiger partial charge in [-0.05, 0) is 18.2 Å². The van der Waals surface area contributed by atoms with Crippen molar-refractivity contribution in [2.24, 2.45) is 0 Å². The smallest absolute Gasteiger partial charge is 0.251 e. The molecule has 0 N–H and O–H groups in total. The van der Waals surface area contributed by atoms with Crippen LogP contribution in [0.2, 0.25) is 5.15 Å². The van der Waals surface area contributed by atoms with Gasteiger partial charge in [-0.2, -0.15) is 28.6 Å². The highest BCUT2D eigenvalue weighted by Gasteiger charge is 2.33. The van der Waals surface area contributed by atoms with Crippen molar-refractivity contribution in [1.29, 1.82) is 5.26 Å². The molecule has 0 aliphatic rings. The number of hydrogen-bond acceptors (Lipinski definition) is 7. The minimum Gasteiger partial charge on any atom is -0.251 e. The van der Waals surface area contributed by atoms with E-state index in [1.54, 1.807) is 0 Å². The molecule has 0 fully saturated rings. The van der Waals surface area contributed by atoms with E-state index in [1.807, 2.05) is 6.07 Å². The van der Waals surface area contributed by atoms with E-state index in [4.69, 9.17) is 16.9 Å². The molecule has 0 saturated carbocycles. The molecule has 0 bridgehead atoms. The molecular weight excluding hydrogens is 471 g/mol. The van der Waals surface area contributed by atoms with Crippen LogP contribution in [0.25, 0.3) is 22.5 Å². The van der Waals surface area contributed by atoms with E-state index in [1.165, 1.54) is 36.1 Å². The topological polar surface area (TPSA) is 119 Å². The molecule has 4 heterocycles. The number of alkyl halides is 3. The van der Waals surface area contributed by atoms with Crippen LogP contribution in [0.3, 0.4) is 0 Å². The van der Waals surface area contributed by atoms with Crippen molar-refractivity contribution in [3.8, 4) is 17.7 Å². The molecule has 0 atom stereocenters. The van der Waals surface area contributed by atoms with Crippen molar-refractivity contribution >= 4 is 32.3 Å². The summed E-state index contributed by atoms with van der Waals surface area (Å²) in [6, 6.07) is 5.26. The van der Waals surface area contributed by atoms with Gasteiger partial charge in [0.05, 0.1) is 34.6 Å². The van der Waals surface area contributed by atoms with E-state index < -0.39 is 21.7 Å². The van der Waals surface area contributed by atoms with Crippen LogP contribution in [0.5, 0.6) is 0 Å². The maximum atomic E-state index is 13.0. The van der Waals surface area contributed by atoms with E-state index in [0.29, 0.717) is 6.07 Å². The highest BCUT2D eigenvalue weighted by atomic mass is 35.5. The summed E-state index contributed by atoms with van der Waals surface area (Å²) in [4.78, 5) is 7.43.